The van der Waals surface area contributed by atoms with Crippen molar-refractivity contribution >= 4 is 11.7 Å². The smallest absolute Gasteiger partial charge is 0.319 e. The summed E-state index contributed by atoms with van der Waals surface area (Å²) >= 11 is 0. The van der Waals surface area contributed by atoms with Crippen LogP contribution in [0.3, 0.4) is 0 Å². The SMILES string of the molecule is Cc1ccc(C(C)NC(=O)Nc2ccccc2C)o1. The van der Waals surface area contributed by atoms with Crippen LogP contribution in [0.5, 0.6) is 0 Å². The number of aryl methyl sites for hydroxylation is 2. The van der Waals surface area contributed by atoms with E-state index >= 15 is 0 Å². The molecule has 2 rings (SSSR count). The van der Waals surface area contributed by atoms with Crippen molar-refractivity contribution in [2.75, 3.05) is 5.32 Å². The van der Waals surface area contributed by atoms with Gasteiger partial charge in [0.05, 0.1) is 6.04 Å². The van der Waals surface area contributed by atoms with Crippen molar-refractivity contribution in [3.05, 3.63) is 53.5 Å². The molecular formula is C15H18N2O2. The van der Waals surface area contributed by atoms with Crippen molar-refractivity contribution in [2.24, 2.45) is 0 Å². The van der Waals surface area contributed by atoms with E-state index in [1.807, 2.05) is 57.2 Å². The molecule has 2 N–H and O–H groups in total. The summed E-state index contributed by atoms with van der Waals surface area (Å²) in [7, 11) is 0. The third-order valence-electron chi connectivity index (χ3n) is 2.93. The molecule has 0 saturated heterocycles. The van der Waals surface area contributed by atoms with Gasteiger partial charge in [-0.05, 0) is 44.5 Å². The largest absolute Gasteiger partial charge is 0.464 e. The monoisotopic (exact) mass is 258 g/mol. The standard InChI is InChI=1S/C15H18N2O2/c1-10-6-4-5-7-13(10)17-15(18)16-12(3)14-9-8-11(2)19-14/h4-9,12H,1-3H3,(H2,16,17,18). The van der Waals surface area contributed by atoms with Gasteiger partial charge in [-0.15, -0.1) is 0 Å². The van der Waals surface area contributed by atoms with E-state index in [0.29, 0.717) is 0 Å². The Balaban J connectivity index is 1.96. The van der Waals surface area contributed by atoms with Gasteiger partial charge in [-0.1, -0.05) is 18.2 Å². The van der Waals surface area contributed by atoms with E-state index in [-0.39, 0.29) is 12.1 Å². The number of rotatable bonds is 3. The Kier molecular flexibility index (Phi) is 3.90. The van der Waals surface area contributed by atoms with Crippen molar-refractivity contribution in [3.63, 3.8) is 0 Å². The van der Waals surface area contributed by atoms with Crippen molar-refractivity contribution in [3.8, 4) is 0 Å². The number of amides is 2. The number of carbonyl (C=O) groups excluding carboxylic acids is 1. The predicted molar refractivity (Wildman–Crippen MR) is 75.2 cm³/mol. The summed E-state index contributed by atoms with van der Waals surface area (Å²) in [6.07, 6.45) is 0. The highest BCUT2D eigenvalue weighted by Gasteiger charge is 2.13. The zero-order valence-corrected chi connectivity index (χ0v) is 11.4. The lowest BCUT2D eigenvalue weighted by Gasteiger charge is -2.13. The lowest BCUT2D eigenvalue weighted by atomic mass is 10.2. The number of benzene rings is 1. The highest BCUT2D eigenvalue weighted by Crippen LogP contribution is 2.17. The van der Waals surface area contributed by atoms with Gasteiger partial charge in [0, 0.05) is 5.69 Å². The molecule has 0 saturated carbocycles. The zero-order valence-electron chi connectivity index (χ0n) is 11.4. The molecule has 0 aliphatic heterocycles. The van der Waals surface area contributed by atoms with E-state index in [9.17, 15) is 4.79 Å². The molecule has 1 atom stereocenters. The van der Waals surface area contributed by atoms with E-state index in [1.54, 1.807) is 0 Å². The lowest BCUT2D eigenvalue weighted by molar-refractivity contribution is 0.247. The summed E-state index contributed by atoms with van der Waals surface area (Å²) in [4.78, 5) is 11.9. The van der Waals surface area contributed by atoms with E-state index in [0.717, 1.165) is 22.8 Å². The highest BCUT2D eigenvalue weighted by atomic mass is 16.3. The lowest BCUT2D eigenvalue weighted by Crippen LogP contribution is -2.31. The van der Waals surface area contributed by atoms with Crippen LogP contribution in [0.25, 0.3) is 0 Å². The Bertz CT molecular complexity index is 575. The van der Waals surface area contributed by atoms with E-state index < -0.39 is 0 Å². The second kappa shape index (κ2) is 5.61. The van der Waals surface area contributed by atoms with Crippen molar-refractivity contribution in [1.82, 2.24) is 5.32 Å². The minimum Gasteiger partial charge on any atom is -0.464 e. The van der Waals surface area contributed by atoms with Crippen LogP contribution in [-0.4, -0.2) is 6.03 Å². The minimum absolute atomic E-state index is 0.169. The first-order valence-corrected chi connectivity index (χ1v) is 6.26. The van der Waals surface area contributed by atoms with Crippen LogP contribution in [0.1, 0.15) is 30.0 Å². The maximum Gasteiger partial charge on any atom is 0.319 e. The van der Waals surface area contributed by atoms with Crippen molar-refractivity contribution in [2.45, 2.75) is 26.8 Å². The number of furan rings is 1. The Morgan fingerprint density at radius 2 is 1.89 bits per heavy atom. The third-order valence-corrected chi connectivity index (χ3v) is 2.93. The molecule has 1 aromatic carbocycles. The van der Waals surface area contributed by atoms with E-state index in [4.69, 9.17) is 4.42 Å². The molecule has 2 aromatic rings. The molecule has 0 bridgehead atoms. The number of hydrogen-bond acceptors (Lipinski definition) is 2. The average Bonchev–Trinajstić information content (AvgIpc) is 2.79. The van der Waals surface area contributed by atoms with Gasteiger partial charge < -0.3 is 15.1 Å². The first kappa shape index (κ1) is 13.2. The van der Waals surface area contributed by atoms with Crippen molar-refractivity contribution < 1.29 is 9.21 Å². The predicted octanol–water partition coefficient (Wildman–Crippen LogP) is 3.78. The number of nitrogens with one attached hydrogen (secondary N) is 2. The van der Waals surface area contributed by atoms with Crippen molar-refractivity contribution in [1.29, 1.82) is 0 Å². The Labute approximate surface area is 112 Å². The second-order valence-corrected chi connectivity index (χ2v) is 4.58. The Morgan fingerprint density at radius 3 is 2.53 bits per heavy atom. The van der Waals surface area contributed by atoms with Crippen LogP contribution in [0.15, 0.2) is 40.8 Å². The summed E-state index contributed by atoms with van der Waals surface area (Å²) in [5, 5.41) is 5.67. The molecular weight excluding hydrogens is 240 g/mol. The van der Waals surface area contributed by atoms with E-state index in [2.05, 4.69) is 10.6 Å². The van der Waals surface area contributed by atoms with Crippen LogP contribution >= 0.6 is 0 Å². The molecule has 0 aliphatic rings. The highest BCUT2D eigenvalue weighted by molar-refractivity contribution is 5.90. The summed E-state index contributed by atoms with van der Waals surface area (Å²) in [5.41, 5.74) is 1.84. The average molecular weight is 258 g/mol. The molecule has 2 amide bonds. The summed E-state index contributed by atoms with van der Waals surface area (Å²) in [6, 6.07) is 11.0. The van der Waals surface area contributed by atoms with Gasteiger partial charge in [0.15, 0.2) is 0 Å². The molecule has 4 nitrogen and oxygen atoms in total. The molecule has 100 valence electrons. The van der Waals surface area contributed by atoms with Crippen LogP contribution < -0.4 is 10.6 Å². The molecule has 0 fully saturated rings. The molecule has 0 spiro atoms. The Hall–Kier alpha value is -2.23. The summed E-state index contributed by atoms with van der Waals surface area (Å²) in [6.45, 7) is 5.72. The number of anilines is 1. The number of carbonyl (C=O) groups is 1. The maximum absolute atomic E-state index is 11.9. The fourth-order valence-electron chi connectivity index (χ4n) is 1.83. The third kappa shape index (κ3) is 3.37. The molecule has 0 radical (unpaired) electrons. The fraction of sp³-hybridized carbons (Fsp3) is 0.267. The number of hydrogen-bond donors (Lipinski definition) is 2. The summed E-state index contributed by atoms with van der Waals surface area (Å²) in [5.74, 6) is 1.58. The molecule has 1 heterocycles. The maximum atomic E-state index is 11.9. The first-order chi connectivity index (χ1) is 9.06. The number of urea groups is 1. The quantitative estimate of drug-likeness (QED) is 0.880. The molecule has 0 aliphatic carbocycles. The molecule has 4 heteroatoms. The Morgan fingerprint density at radius 1 is 1.16 bits per heavy atom. The van der Waals surface area contributed by atoms with Gasteiger partial charge in [0.25, 0.3) is 0 Å². The van der Waals surface area contributed by atoms with Crippen LogP contribution in [0, 0.1) is 13.8 Å². The van der Waals surface area contributed by atoms with Crippen LogP contribution in [-0.2, 0) is 0 Å². The number of para-hydroxylation sites is 1. The minimum atomic E-state index is -0.240. The van der Waals surface area contributed by atoms with Gasteiger partial charge >= 0.3 is 6.03 Å². The molecule has 1 unspecified atom stereocenters. The van der Waals surface area contributed by atoms with Gasteiger partial charge in [-0.25, -0.2) is 4.79 Å². The normalized spacial score (nSPS) is 11.9. The van der Waals surface area contributed by atoms with E-state index in [1.165, 1.54) is 0 Å². The van der Waals surface area contributed by atoms with Crippen LogP contribution in [0.4, 0.5) is 10.5 Å². The zero-order chi connectivity index (χ0) is 13.8. The summed E-state index contributed by atoms with van der Waals surface area (Å²) < 4.78 is 5.48. The molecule has 19 heavy (non-hydrogen) atoms. The van der Waals surface area contributed by atoms with Gasteiger partial charge in [0.1, 0.15) is 11.5 Å². The molecule has 1 aromatic heterocycles. The van der Waals surface area contributed by atoms with Gasteiger partial charge in [0.2, 0.25) is 0 Å². The van der Waals surface area contributed by atoms with Gasteiger partial charge in [-0.3, -0.25) is 0 Å². The van der Waals surface area contributed by atoms with Crippen LogP contribution in [0.2, 0.25) is 0 Å². The first-order valence-electron chi connectivity index (χ1n) is 6.26. The topological polar surface area (TPSA) is 54.3 Å². The second-order valence-electron chi connectivity index (χ2n) is 4.58. The fourth-order valence-corrected chi connectivity index (χ4v) is 1.83. The van der Waals surface area contributed by atoms with Gasteiger partial charge in [-0.2, -0.15) is 0 Å².